The Morgan fingerprint density at radius 2 is 2.35 bits per heavy atom. The first-order valence-electron chi connectivity index (χ1n) is 5.10. The highest BCUT2D eigenvalue weighted by Crippen LogP contribution is 2.20. The van der Waals surface area contributed by atoms with Gasteiger partial charge in [-0.15, -0.1) is 0 Å². The lowest BCUT2D eigenvalue weighted by Gasteiger charge is -2.12. The molecule has 94 valence electrons. The maximum atomic E-state index is 12.8. The number of hydrogen-bond acceptors (Lipinski definition) is 3. The number of carbonyl (C=O) groups is 1. The molecular weight excluding hydrogens is 247 g/mol. The first-order chi connectivity index (χ1) is 8.02. The van der Waals surface area contributed by atoms with Crippen LogP contribution < -0.4 is 15.8 Å². The molecule has 0 aliphatic carbocycles. The van der Waals surface area contributed by atoms with Crippen LogP contribution in [0.4, 0.5) is 4.39 Å². The molecule has 0 radical (unpaired) electrons. The number of carbonyl (C=O) groups excluding carboxylic acids is 1. The molecule has 1 atom stereocenters. The van der Waals surface area contributed by atoms with Crippen LogP contribution in [0.3, 0.4) is 0 Å². The van der Waals surface area contributed by atoms with Crippen molar-refractivity contribution in [2.45, 2.75) is 13.0 Å². The van der Waals surface area contributed by atoms with Gasteiger partial charge in [0.05, 0.1) is 5.02 Å². The number of hydrogen-bond donors (Lipinski definition) is 2. The first kappa shape index (κ1) is 13.7. The van der Waals surface area contributed by atoms with Gasteiger partial charge in [-0.05, 0) is 19.1 Å². The van der Waals surface area contributed by atoms with Gasteiger partial charge in [-0.3, -0.25) is 4.79 Å². The van der Waals surface area contributed by atoms with Crippen molar-refractivity contribution in [3.8, 4) is 5.75 Å². The van der Waals surface area contributed by atoms with Crippen LogP contribution in [0.1, 0.15) is 6.92 Å². The van der Waals surface area contributed by atoms with Gasteiger partial charge in [0.1, 0.15) is 11.6 Å². The van der Waals surface area contributed by atoms with Crippen LogP contribution >= 0.6 is 11.6 Å². The molecule has 0 heterocycles. The molecule has 1 rings (SSSR count). The number of nitrogens with two attached hydrogens (primary N) is 1. The molecule has 1 aromatic carbocycles. The molecule has 1 aromatic rings. The lowest BCUT2D eigenvalue weighted by Crippen LogP contribution is -2.40. The van der Waals surface area contributed by atoms with Gasteiger partial charge in [-0.25, -0.2) is 4.39 Å². The Morgan fingerprint density at radius 1 is 1.65 bits per heavy atom. The van der Waals surface area contributed by atoms with Gasteiger partial charge >= 0.3 is 0 Å². The Labute approximate surface area is 104 Å². The third-order valence-corrected chi connectivity index (χ3v) is 2.31. The van der Waals surface area contributed by atoms with Crippen LogP contribution in [0.5, 0.6) is 5.75 Å². The van der Waals surface area contributed by atoms with E-state index in [0.717, 1.165) is 0 Å². The number of ether oxygens (including phenoxy) is 1. The number of rotatable bonds is 5. The van der Waals surface area contributed by atoms with Gasteiger partial charge < -0.3 is 15.8 Å². The fourth-order valence-corrected chi connectivity index (χ4v) is 1.26. The Balaban J connectivity index is 2.45. The van der Waals surface area contributed by atoms with E-state index in [9.17, 15) is 9.18 Å². The average Bonchev–Trinajstić information content (AvgIpc) is 2.30. The average molecular weight is 261 g/mol. The van der Waals surface area contributed by atoms with E-state index >= 15 is 0 Å². The summed E-state index contributed by atoms with van der Waals surface area (Å²) in [5.41, 5.74) is 5.35. The van der Waals surface area contributed by atoms with Crippen molar-refractivity contribution in [1.29, 1.82) is 0 Å². The molecule has 0 saturated carbocycles. The molecule has 0 spiro atoms. The third-order valence-electron chi connectivity index (χ3n) is 2.02. The quantitative estimate of drug-likeness (QED) is 0.839. The standard InChI is InChI=1S/C11H14ClFN2O2/c1-7(5-14)15-11(16)6-17-8-2-3-10(13)9(12)4-8/h2-4,7H,5-6,14H2,1H3,(H,15,16)/t7-/m0/s1. The number of nitrogens with one attached hydrogen (secondary N) is 1. The fraction of sp³-hybridized carbons (Fsp3) is 0.364. The summed E-state index contributed by atoms with van der Waals surface area (Å²) in [7, 11) is 0. The van der Waals surface area contributed by atoms with E-state index in [0.29, 0.717) is 12.3 Å². The SMILES string of the molecule is C[C@@H](CN)NC(=O)COc1ccc(F)c(Cl)c1. The van der Waals surface area contributed by atoms with Crippen molar-refractivity contribution >= 4 is 17.5 Å². The van der Waals surface area contributed by atoms with E-state index in [1.165, 1.54) is 18.2 Å². The molecule has 6 heteroatoms. The monoisotopic (exact) mass is 260 g/mol. The molecule has 0 unspecified atom stereocenters. The molecule has 17 heavy (non-hydrogen) atoms. The maximum Gasteiger partial charge on any atom is 0.258 e. The molecular formula is C11H14ClFN2O2. The van der Waals surface area contributed by atoms with Crippen molar-refractivity contribution in [3.05, 3.63) is 29.0 Å². The minimum atomic E-state index is -0.528. The van der Waals surface area contributed by atoms with Gasteiger partial charge in [0.2, 0.25) is 0 Å². The number of amides is 1. The highest BCUT2D eigenvalue weighted by Gasteiger charge is 2.07. The zero-order chi connectivity index (χ0) is 12.8. The second-order valence-electron chi connectivity index (χ2n) is 3.57. The Kier molecular flexibility index (Phi) is 5.18. The summed E-state index contributed by atoms with van der Waals surface area (Å²) in [5.74, 6) is -0.476. The lowest BCUT2D eigenvalue weighted by atomic mass is 10.3. The smallest absolute Gasteiger partial charge is 0.258 e. The molecule has 0 bridgehead atoms. The van der Waals surface area contributed by atoms with Crippen molar-refractivity contribution in [1.82, 2.24) is 5.32 Å². The molecule has 0 aliphatic rings. The zero-order valence-corrected chi connectivity index (χ0v) is 10.1. The van der Waals surface area contributed by atoms with E-state index in [4.69, 9.17) is 22.1 Å². The summed E-state index contributed by atoms with van der Waals surface area (Å²) >= 11 is 5.56. The molecule has 0 saturated heterocycles. The van der Waals surface area contributed by atoms with Crippen LogP contribution in [-0.2, 0) is 4.79 Å². The van der Waals surface area contributed by atoms with E-state index in [1.807, 2.05) is 0 Å². The zero-order valence-electron chi connectivity index (χ0n) is 9.37. The molecule has 1 amide bonds. The third kappa shape index (κ3) is 4.58. The van der Waals surface area contributed by atoms with Gasteiger partial charge in [-0.2, -0.15) is 0 Å². The molecule has 4 nitrogen and oxygen atoms in total. The minimum absolute atomic E-state index is 0.0433. The fourth-order valence-electron chi connectivity index (χ4n) is 1.09. The second-order valence-corrected chi connectivity index (χ2v) is 3.98. The predicted octanol–water partition coefficient (Wildman–Crippen LogP) is 1.32. The largest absolute Gasteiger partial charge is 0.484 e. The van der Waals surface area contributed by atoms with Crippen LogP contribution in [0.25, 0.3) is 0 Å². The van der Waals surface area contributed by atoms with Crippen molar-refractivity contribution in [2.24, 2.45) is 5.73 Å². The summed E-state index contributed by atoms with van der Waals surface area (Å²) in [6, 6.07) is 3.79. The van der Waals surface area contributed by atoms with Gasteiger partial charge in [-0.1, -0.05) is 11.6 Å². The summed E-state index contributed by atoms with van der Waals surface area (Å²) in [6.45, 7) is 1.98. The minimum Gasteiger partial charge on any atom is -0.484 e. The topological polar surface area (TPSA) is 64.3 Å². The van der Waals surface area contributed by atoms with E-state index < -0.39 is 5.82 Å². The Bertz CT molecular complexity index is 401. The normalized spacial score (nSPS) is 12.0. The van der Waals surface area contributed by atoms with E-state index in [2.05, 4.69) is 5.32 Å². The summed E-state index contributed by atoms with van der Waals surface area (Å²) in [4.78, 5) is 11.3. The van der Waals surface area contributed by atoms with E-state index in [1.54, 1.807) is 6.92 Å². The van der Waals surface area contributed by atoms with Crippen LogP contribution in [0.2, 0.25) is 5.02 Å². The second kappa shape index (κ2) is 6.42. The van der Waals surface area contributed by atoms with Gasteiger partial charge in [0.15, 0.2) is 6.61 Å². The summed E-state index contributed by atoms with van der Waals surface area (Å²) < 4.78 is 18.0. The van der Waals surface area contributed by atoms with Crippen molar-refractivity contribution in [2.75, 3.05) is 13.2 Å². The molecule has 0 fully saturated rings. The predicted molar refractivity (Wildman–Crippen MR) is 63.6 cm³/mol. The maximum absolute atomic E-state index is 12.8. The van der Waals surface area contributed by atoms with Gasteiger partial charge in [0, 0.05) is 18.7 Å². The van der Waals surface area contributed by atoms with Crippen LogP contribution in [0.15, 0.2) is 18.2 Å². The molecule has 0 aliphatic heterocycles. The van der Waals surface area contributed by atoms with Crippen LogP contribution in [0, 0.1) is 5.82 Å². The van der Waals surface area contributed by atoms with Crippen LogP contribution in [-0.4, -0.2) is 25.1 Å². The summed E-state index contributed by atoms with van der Waals surface area (Å²) in [6.07, 6.45) is 0. The van der Waals surface area contributed by atoms with Crippen molar-refractivity contribution < 1.29 is 13.9 Å². The van der Waals surface area contributed by atoms with Crippen molar-refractivity contribution in [3.63, 3.8) is 0 Å². The molecule has 0 aromatic heterocycles. The van der Waals surface area contributed by atoms with Gasteiger partial charge in [0.25, 0.3) is 5.91 Å². The number of benzene rings is 1. The highest BCUT2D eigenvalue weighted by molar-refractivity contribution is 6.30. The highest BCUT2D eigenvalue weighted by atomic mass is 35.5. The summed E-state index contributed by atoms with van der Waals surface area (Å²) in [5, 5.41) is 2.59. The van der Waals surface area contributed by atoms with E-state index in [-0.39, 0.29) is 23.6 Å². The Morgan fingerprint density at radius 3 is 2.94 bits per heavy atom. The first-order valence-corrected chi connectivity index (χ1v) is 5.48. The Hall–Kier alpha value is -1.33. The lowest BCUT2D eigenvalue weighted by molar-refractivity contribution is -0.123. The molecule has 3 N–H and O–H groups in total. The number of halogens is 2.